The van der Waals surface area contributed by atoms with Crippen molar-refractivity contribution in [1.82, 2.24) is 9.97 Å². The minimum absolute atomic E-state index is 0.0690. The van der Waals surface area contributed by atoms with E-state index in [1.807, 2.05) is 97.1 Å². The van der Waals surface area contributed by atoms with Crippen molar-refractivity contribution in [2.75, 3.05) is 0 Å². The monoisotopic (exact) mass is 430 g/mol. The standard InChI is InChI=1S/C30H14N4/c31-19-29-30(20-32)34-28(18-16-24-12-6-10-22-8-2-4-14-26(22)24)27(33-29)17-15-23-11-5-9-21-7-1-3-13-25(21)23/h1-14H. The van der Waals surface area contributed by atoms with Crippen LogP contribution in [0.2, 0.25) is 0 Å². The van der Waals surface area contributed by atoms with Crippen LogP contribution in [0, 0.1) is 46.3 Å². The summed E-state index contributed by atoms with van der Waals surface area (Å²) in [6.07, 6.45) is 0. The minimum Gasteiger partial charge on any atom is -0.222 e. The smallest absolute Gasteiger partial charge is 0.178 e. The number of nitrogens with zero attached hydrogens (tertiary/aromatic N) is 4. The SMILES string of the molecule is N#Cc1nc(C#Cc2cccc3ccccc23)c(C#Cc2cccc3ccccc23)nc1C#N. The number of hydrogen-bond acceptors (Lipinski definition) is 4. The second kappa shape index (κ2) is 8.98. The molecule has 0 atom stereocenters. The number of rotatable bonds is 0. The van der Waals surface area contributed by atoms with Crippen molar-refractivity contribution in [3.8, 4) is 35.8 Å². The van der Waals surface area contributed by atoms with Crippen LogP contribution in [0.4, 0.5) is 0 Å². The minimum atomic E-state index is -0.0690. The van der Waals surface area contributed by atoms with E-state index in [1.54, 1.807) is 0 Å². The van der Waals surface area contributed by atoms with Gasteiger partial charge in [-0.2, -0.15) is 10.5 Å². The van der Waals surface area contributed by atoms with Crippen LogP contribution < -0.4 is 0 Å². The van der Waals surface area contributed by atoms with Crippen LogP contribution in [-0.4, -0.2) is 9.97 Å². The van der Waals surface area contributed by atoms with E-state index in [4.69, 9.17) is 0 Å². The number of benzene rings is 4. The summed E-state index contributed by atoms with van der Waals surface area (Å²) in [5.74, 6) is 12.4. The molecule has 0 N–H and O–H groups in total. The third kappa shape index (κ3) is 3.92. The molecule has 5 rings (SSSR count). The highest BCUT2D eigenvalue weighted by Crippen LogP contribution is 2.19. The molecule has 0 saturated carbocycles. The van der Waals surface area contributed by atoms with Crippen LogP contribution >= 0.6 is 0 Å². The predicted octanol–water partition coefficient (Wildman–Crippen LogP) is 5.33. The van der Waals surface area contributed by atoms with Crippen LogP contribution in [-0.2, 0) is 0 Å². The number of fused-ring (bicyclic) bond motifs is 2. The van der Waals surface area contributed by atoms with Crippen LogP contribution in [0.3, 0.4) is 0 Å². The lowest BCUT2D eigenvalue weighted by Crippen LogP contribution is -2.02. The second-order valence-electron chi connectivity index (χ2n) is 7.40. The molecule has 0 aliphatic rings. The van der Waals surface area contributed by atoms with E-state index in [1.165, 1.54) is 0 Å². The maximum absolute atomic E-state index is 9.43. The van der Waals surface area contributed by atoms with Gasteiger partial charge in [-0.05, 0) is 45.5 Å². The van der Waals surface area contributed by atoms with Crippen molar-refractivity contribution in [3.63, 3.8) is 0 Å². The Morgan fingerprint density at radius 1 is 0.441 bits per heavy atom. The summed E-state index contributed by atoms with van der Waals surface area (Å²) in [6, 6.07) is 31.6. The average molecular weight is 430 g/mol. The summed E-state index contributed by atoms with van der Waals surface area (Å²) in [5.41, 5.74) is 2.04. The predicted molar refractivity (Wildman–Crippen MR) is 131 cm³/mol. The molecule has 1 heterocycles. The molecule has 0 fully saturated rings. The molecule has 0 radical (unpaired) electrons. The number of nitriles is 2. The molecule has 0 aliphatic heterocycles. The molecule has 0 saturated heterocycles. The Kier molecular flexibility index (Phi) is 5.41. The average Bonchev–Trinajstić information content (AvgIpc) is 2.90. The molecule has 0 spiro atoms. The molecule has 0 bridgehead atoms. The zero-order valence-corrected chi connectivity index (χ0v) is 17.9. The van der Waals surface area contributed by atoms with E-state index in [-0.39, 0.29) is 22.8 Å². The fourth-order valence-electron chi connectivity index (χ4n) is 3.69. The summed E-state index contributed by atoms with van der Waals surface area (Å²) in [4.78, 5) is 8.62. The third-order valence-electron chi connectivity index (χ3n) is 5.32. The zero-order chi connectivity index (χ0) is 23.3. The summed E-state index contributed by atoms with van der Waals surface area (Å²) in [7, 11) is 0. The van der Waals surface area contributed by atoms with Gasteiger partial charge in [-0.3, -0.25) is 0 Å². The molecule has 1 aromatic heterocycles. The first kappa shape index (κ1) is 20.5. The Hall–Kier alpha value is -5.42. The Morgan fingerprint density at radius 2 is 0.853 bits per heavy atom. The summed E-state index contributed by atoms with van der Waals surface area (Å²) in [6.45, 7) is 0. The van der Waals surface area contributed by atoms with E-state index in [0.29, 0.717) is 0 Å². The summed E-state index contributed by atoms with van der Waals surface area (Å²) >= 11 is 0. The van der Waals surface area contributed by atoms with Gasteiger partial charge in [-0.1, -0.05) is 84.6 Å². The number of aromatic nitrogens is 2. The van der Waals surface area contributed by atoms with E-state index >= 15 is 0 Å². The lowest BCUT2D eigenvalue weighted by atomic mass is 10.0. The van der Waals surface area contributed by atoms with Crippen LogP contribution in [0.15, 0.2) is 84.9 Å². The quantitative estimate of drug-likeness (QED) is 0.312. The molecule has 34 heavy (non-hydrogen) atoms. The highest BCUT2D eigenvalue weighted by Gasteiger charge is 2.11. The number of hydrogen-bond donors (Lipinski definition) is 0. The fourth-order valence-corrected chi connectivity index (χ4v) is 3.69. The van der Waals surface area contributed by atoms with Gasteiger partial charge < -0.3 is 0 Å². The largest absolute Gasteiger partial charge is 0.222 e. The molecule has 4 aromatic carbocycles. The molecule has 0 unspecified atom stereocenters. The first-order chi connectivity index (χ1) is 16.8. The Labute approximate surface area is 196 Å². The maximum atomic E-state index is 9.43. The molecular formula is C30H14N4. The van der Waals surface area contributed by atoms with Crippen molar-refractivity contribution in [1.29, 1.82) is 10.5 Å². The van der Waals surface area contributed by atoms with Gasteiger partial charge in [0.15, 0.2) is 11.4 Å². The van der Waals surface area contributed by atoms with E-state index in [0.717, 1.165) is 32.7 Å². The van der Waals surface area contributed by atoms with Crippen LogP contribution in [0.5, 0.6) is 0 Å². The van der Waals surface area contributed by atoms with E-state index < -0.39 is 0 Å². The molecule has 0 aliphatic carbocycles. The third-order valence-corrected chi connectivity index (χ3v) is 5.32. The molecule has 4 nitrogen and oxygen atoms in total. The van der Waals surface area contributed by atoms with Crippen molar-refractivity contribution in [2.45, 2.75) is 0 Å². The van der Waals surface area contributed by atoms with Crippen molar-refractivity contribution < 1.29 is 0 Å². The zero-order valence-electron chi connectivity index (χ0n) is 17.9. The lowest BCUT2D eigenvalue weighted by Gasteiger charge is -2.01. The highest BCUT2D eigenvalue weighted by molar-refractivity contribution is 5.89. The summed E-state index contributed by atoms with van der Waals surface area (Å²) < 4.78 is 0. The van der Waals surface area contributed by atoms with Gasteiger partial charge in [-0.15, -0.1) is 0 Å². The first-order valence-corrected chi connectivity index (χ1v) is 10.5. The molecule has 0 amide bonds. The van der Waals surface area contributed by atoms with Gasteiger partial charge in [0.05, 0.1) is 0 Å². The van der Waals surface area contributed by atoms with Gasteiger partial charge in [0.25, 0.3) is 0 Å². The normalized spacial score (nSPS) is 9.82. The lowest BCUT2D eigenvalue weighted by molar-refractivity contribution is 1.09. The molecule has 5 aromatic rings. The van der Waals surface area contributed by atoms with Gasteiger partial charge in [0.2, 0.25) is 0 Å². The van der Waals surface area contributed by atoms with Crippen LogP contribution in [0.1, 0.15) is 33.9 Å². The summed E-state index contributed by atoms with van der Waals surface area (Å²) in [5, 5.41) is 23.0. The fraction of sp³-hybridized carbons (Fsp3) is 0. The van der Waals surface area contributed by atoms with Gasteiger partial charge in [0.1, 0.15) is 23.5 Å². The topological polar surface area (TPSA) is 73.4 Å². The van der Waals surface area contributed by atoms with E-state index in [2.05, 4.69) is 33.6 Å². The van der Waals surface area contributed by atoms with Crippen molar-refractivity contribution >= 4 is 21.5 Å². The van der Waals surface area contributed by atoms with E-state index in [9.17, 15) is 10.5 Å². The molecular weight excluding hydrogens is 416 g/mol. The highest BCUT2D eigenvalue weighted by atomic mass is 14.8. The Balaban J connectivity index is 1.66. The van der Waals surface area contributed by atoms with Crippen molar-refractivity contribution in [3.05, 3.63) is 119 Å². The molecule has 154 valence electrons. The maximum Gasteiger partial charge on any atom is 0.178 e. The second-order valence-corrected chi connectivity index (χ2v) is 7.40. The van der Waals surface area contributed by atoms with Gasteiger partial charge >= 0.3 is 0 Å². The Bertz CT molecular complexity index is 1650. The van der Waals surface area contributed by atoms with Gasteiger partial charge in [-0.25, -0.2) is 9.97 Å². The molecule has 4 heteroatoms. The Morgan fingerprint density at radius 3 is 1.29 bits per heavy atom. The van der Waals surface area contributed by atoms with Crippen LogP contribution in [0.25, 0.3) is 21.5 Å². The van der Waals surface area contributed by atoms with Gasteiger partial charge in [0, 0.05) is 11.1 Å². The van der Waals surface area contributed by atoms with Crippen molar-refractivity contribution in [2.24, 2.45) is 0 Å². The first-order valence-electron chi connectivity index (χ1n) is 10.5.